The van der Waals surface area contributed by atoms with E-state index in [0.29, 0.717) is 11.3 Å². The molecular weight excluding hydrogens is 378 g/mol. The molecule has 0 fully saturated rings. The fourth-order valence-corrected chi connectivity index (χ4v) is 3.38. The van der Waals surface area contributed by atoms with Crippen LogP contribution in [0.1, 0.15) is 11.1 Å². The number of phenols is 1. The van der Waals surface area contributed by atoms with Gasteiger partial charge >= 0.3 is 0 Å². The topological polar surface area (TPSA) is 105 Å². The van der Waals surface area contributed by atoms with Gasteiger partial charge < -0.3 is 5.11 Å². The third-order valence-corrected chi connectivity index (χ3v) is 4.98. The molecule has 0 saturated heterocycles. The minimum Gasteiger partial charge on any atom is -0.507 e. The second-order valence-corrected chi connectivity index (χ2v) is 6.91. The lowest BCUT2D eigenvalue weighted by atomic mass is 10.0. The van der Waals surface area contributed by atoms with Gasteiger partial charge in [0, 0.05) is 23.4 Å². The number of benzene rings is 3. The van der Waals surface area contributed by atoms with Gasteiger partial charge in [0.05, 0.1) is 16.9 Å². The van der Waals surface area contributed by atoms with Crippen molar-refractivity contribution in [3.8, 4) is 5.75 Å². The number of nitrogens with one attached hydrogen (secondary N) is 1. The Morgan fingerprint density at radius 1 is 1.14 bits per heavy atom. The van der Waals surface area contributed by atoms with Crippen molar-refractivity contribution in [1.29, 1.82) is 0 Å². The van der Waals surface area contributed by atoms with Crippen LogP contribution in [0, 0.1) is 10.1 Å². The fraction of sp³-hybridized carbons (Fsp3) is 0.100. The standard InChI is InChI=1S/C20H17N3O4S/c24-19-10-7-15-3-1-2-4-17(15)18(19)11-21-22-20(25)13-28-12-14-5-8-16(9-6-14)23(26)27/h1-11,24H,12-13H2,(H,22,25). The predicted molar refractivity (Wildman–Crippen MR) is 111 cm³/mol. The van der Waals surface area contributed by atoms with E-state index < -0.39 is 4.92 Å². The number of hydrazone groups is 1. The Morgan fingerprint density at radius 2 is 1.89 bits per heavy atom. The van der Waals surface area contributed by atoms with Gasteiger partial charge in [0.25, 0.3) is 5.69 Å². The largest absolute Gasteiger partial charge is 0.507 e. The van der Waals surface area contributed by atoms with E-state index in [1.165, 1.54) is 30.1 Å². The van der Waals surface area contributed by atoms with Crippen LogP contribution < -0.4 is 5.43 Å². The van der Waals surface area contributed by atoms with Gasteiger partial charge in [-0.05, 0) is 22.4 Å². The number of fused-ring (bicyclic) bond motifs is 1. The molecular formula is C20H17N3O4S. The summed E-state index contributed by atoms with van der Waals surface area (Å²) in [6.07, 6.45) is 1.43. The monoisotopic (exact) mass is 395 g/mol. The van der Waals surface area contributed by atoms with E-state index in [9.17, 15) is 20.0 Å². The molecule has 0 saturated carbocycles. The van der Waals surface area contributed by atoms with Crippen LogP contribution in [0.15, 0.2) is 65.8 Å². The van der Waals surface area contributed by atoms with Crippen LogP contribution in [0.2, 0.25) is 0 Å². The molecule has 8 heteroatoms. The minimum absolute atomic E-state index is 0.0394. The number of nitro groups is 1. The third-order valence-electron chi connectivity index (χ3n) is 3.98. The molecule has 3 aromatic rings. The zero-order valence-electron chi connectivity index (χ0n) is 14.7. The van der Waals surface area contributed by atoms with Crippen molar-refractivity contribution >= 4 is 40.3 Å². The van der Waals surface area contributed by atoms with Crippen LogP contribution in [0.25, 0.3) is 10.8 Å². The molecule has 142 valence electrons. The Labute approximate surface area is 165 Å². The zero-order valence-corrected chi connectivity index (χ0v) is 15.6. The number of phenolic OH excluding ortho intramolecular Hbond substituents is 1. The molecule has 0 unspecified atom stereocenters. The maximum atomic E-state index is 11.9. The summed E-state index contributed by atoms with van der Waals surface area (Å²) in [6, 6.07) is 17.2. The summed E-state index contributed by atoms with van der Waals surface area (Å²) >= 11 is 1.38. The van der Waals surface area contributed by atoms with Crippen molar-refractivity contribution in [2.24, 2.45) is 5.10 Å². The van der Waals surface area contributed by atoms with Gasteiger partial charge in [0.1, 0.15) is 5.75 Å². The summed E-state index contributed by atoms with van der Waals surface area (Å²) in [6.45, 7) is 0. The number of non-ortho nitro benzene ring substituents is 1. The molecule has 2 N–H and O–H groups in total. The number of carbonyl (C=O) groups is 1. The Hall–Kier alpha value is -3.39. The van der Waals surface area contributed by atoms with Gasteiger partial charge in [-0.1, -0.05) is 42.5 Å². The van der Waals surface area contributed by atoms with Crippen molar-refractivity contribution in [3.05, 3.63) is 81.9 Å². The number of hydrogen-bond donors (Lipinski definition) is 2. The SMILES string of the molecule is O=C(CSCc1ccc([N+](=O)[O-])cc1)NN=Cc1c(O)ccc2ccccc12. The molecule has 0 radical (unpaired) electrons. The molecule has 0 atom stereocenters. The normalized spacial score (nSPS) is 11.0. The smallest absolute Gasteiger partial charge is 0.269 e. The van der Waals surface area contributed by atoms with Crippen LogP contribution in [0.5, 0.6) is 5.75 Å². The lowest BCUT2D eigenvalue weighted by Gasteiger charge is -2.05. The molecule has 1 amide bonds. The minimum atomic E-state index is -0.448. The molecule has 0 spiro atoms. The maximum Gasteiger partial charge on any atom is 0.269 e. The molecule has 28 heavy (non-hydrogen) atoms. The highest BCUT2D eigenvalue weighted by Gasteiger charge is 2.06. The van der Waals surface area contributed by atoms with E-state index in [-0.39, 0.29) is 23.1 Å². The molecule has 0 aliphatic heterocycles. The first-order valence-electron chi connectivity index (χ1n) is 8.38. The van der Waals surface area contributed by atoms with Crippen LogP contribution in [-0.2, 0) is 10.5 Å². The molecule has 0 heterocycles. The van der Waals surface area contributed by atoms with Gasteiger partial charge in [0.2, 0.25) is 5.91 Å². The highest BCUT2D eigenvalue weighted by Crippen LogP contribution is 2.25. The molecule has 0 aliphatic carbocycles. The molecule has 7 nitrogen and oxygen atoms in total. The van der Waals surface area contributed by atoms with Crippen molar-refractivity contribution < 1.29 is 14.8 Å². The lowest BCUT2D eigenvalue weighted by Crippen LogP contribution is -2.19. The van der Waals surface area contributed by atoms with E-state index in [4.69, 9.17) is 0 Å². The summed E-state index contributed by atoms with van der Waals surface area (Å²) in [7, 11) is 0. The highest BCUT2D eigenvalue weighted by molar-refractivity contribution is 7.99. The average molecular weight is 395 g/mol. The number of hydrogen-bond acceptors (Lipinski definition) is 6. The summed E-state index contributed by atoms with van der Waals surface area (Å²) in [4.78, 5) is 22.1. The van der Waals surface area contributed by atoms with Gasteiger partial charge in [-0.2, -0.15) is 5.10 Å². The maximum absolute atomic E-state index is 11.9. The van der Waals surface area contributed by atoms with Crippen molar-refractivity contribution in [2.45, 2.75) is 5.75 Å². The van der Waals surface area contributed by atoms with Gasteiger partial charge in [-0.3, -0.25) is 14.9 Å². The second-order valence-electron chi connectivity index (χ2n) is 5.93. The van der Waals surface area contributed by atoms with Crippen LogP contribution >= 0.6 is 11.8 Å². The van der Waals surface area contributed by atoms with Crippen molar-refractivity contribution in [2.75, 3.05) is 5.75 Å². The van der Waals surface area contributed by atoms with E-state index in [1.54, 1.807) is 18.2 Å². The average Bonchev–Trinajstić information content (AvgIpc) is 2.70. The summed E-state index contributed by atoms with van der Waals surface area (Å²) in [5, 5.41) is 26.4. The molecule has 0 aliphatic rings. The van der Waals surface area contributed by atoms with Crippen molar-refractivity contribution in [3.63, 3.8) is 0 Å². The molecule has 0 bridgehead atoms. The fourth-order valence-electron chi connectivity index (χ4n) is 2.60. The first kappa shape index (κ1) is 19.4. The number of nitrogens with zero attached hydrogens (tertiary/aromatic N) is 2. The zero-order chi connectivity index (χ0) is 19.9. The molecule has 0 aromatic heterocycles. The van der Waals surface area contributed by atoms with Gasteiger partial charge in [-0.25, -0.2) is 5.43 Å². The van der Waals surface area contributed by atoms with Crippen LogP contribution in [0.3, 0.4) is 0 Å². The van der Waals surface area contributed by atoms with E-state index >= 15 is 0 Å². The Balaban J connectivity index is 1.52. The second kappa shape index (κ2) is 9.01. The summed E-state index contributed by atoms with van der Waals surface area (Å²) in [5.74, 6) is 0.557. The number of thioether (sulfide) groups is 1. The van der Waals surface area contributed by atoms with E-state index in [2.05, 4.69) is 10.5 Å². The number of aromatic hydroxyl groups is 1. The van der Waals surface area contributed by atoms with E-state index in [1.807, 2.05) is 30.3 Å². The predicted octanol–water partition coefficient (Wildman–Crippen LogP) is 3.84. The first-order valence-corrected chi connectivity index (χ1v) is 9.54. The summed E-state index contributed by atoms with van der Waals surface area (Å²) < 4.78 is 0. The summed E-state index contributed by atoms with van der Waals surface area (Å²) in [5.41, 5.74) is 3.92. The number of amides is 1. The lowest BCUT2D eigenvalue weighted by molar-refractivity contribution is -0.384. The molecule has 3 aromatic carbocycles. The van der Waals surface area contributed by atoms with Gasteiger partial charge in [0.15, 0.2) is 0 Å². The quantitative estimate of drug-likeness (QED) is 0.359. The molecule has 3 rings (SSSR count). The third kappa shape index (κ3) is 4.86. The van der Waals surface area contributed by atoms with Gasteiger partial charge in [-0.15, -0.1) is 11.8 Å². The Kier molecular flexibility index (Phi) is 6.23. The van der Waals surface area contributed by atoms with Crippen LogP contribution in [-0.4, -0.2) is 27.9 Å². The highest BCUT2D eigenvalue weighted by atomic mass is 32.2. The number of rotatable bonds is 7. The Bertz CT molecular complexity index is 1040. The van der Waals surface area contributed by atoms with Crippen LogP contribution in [0.4, 0.5) is 5.69 Å². The van der Waals surface area contributed by atoms with E-state index in [0.717, 1.165) is 16.3 Å². The number of carbonyl (C=O) groups excluding carboxylic acids is 1. The number of nitro benzene ring substituents is 1. The van der Waals surface area contributed by atoms with Crippen molar-refractivity contribution in [1.82, 2.24) is 5.43 Å². The Morgan fingerprint density at radius 3 is 2.64 bits per heavy atom. The first-order chi connectivity index (χ1) is 13.5.